The van der Waals surface area contributed by atoms with Gasteiger partial charge in [0.05, 0.1) is 9.75 Å². The number of carbonyl (C=O) groups is 1. The van der Waals surface area contributed by atoms with Crippen LogP contribution < -0.4 is 4.90 Å². The molecule has 0 fully saturated rings. The van der Waals surface area contributed by atoms with Gasteiger partial charge in [0, 0.05) is 12.7 Å². The van der Waals surface area contributed by atoms with E-state index in [4.69, 9.17) is 5.11 Å². The van der Waals surface area contributed by atoms with E-state index in [2.05, 4.69) is 11.8 Å². The van der Waals surface area contributed by atoms with Crippen LogP contribution >= 0.6 is 11.3 Å². The summed E-state index contributed by atoms with van der Waals surface area (Å²) in [5.41, 5.74) is 2.92. The molecule has 0 saturated heterocycles. The molecule has 4 heteroatoms. The summed E-state index contributed by atoms with van der Waals surface area (Å²) in [7, 11) is 1.78. The third-order valence-electron chi connectivity index (χ3n) is 3.19. The SMILES string of the molecule is Cc1ccccc1N(C)C(=O)c1cc(C)c(C#CCO)s1. The molecule has 0 aliphatic rings. The zero-order valence-electron chi connectivity index (χ0n) is 12.3. The molecule has 3 nitrogen and oxygen atoms in total. The Bertz CT molecular complexity index is 722. The topological polar surface area (TPSA) is 40.5 Å². The average molecular weight is 299 g/mol. The molecule has 0 saturated carbocycles. The van der Waals surface area contributed by atoms with Gasteiger partial charge in [-0.05, 0) is 37.1 Å². The van der Waals surface area contributed by atoms with Crippen molar-refractivity contribution in [3.8, 4) is 11.8 Å². The summed E-state index contributed by atoms with van der Waals surface area (Å²) < 4.78 is 0. The van der Waals surface area contributed by atoms with Gasteiger partial charge in [0.2, 0.25) is 0 Å². The van der Waals surface area contributed by atoms with Crippen molar-refractivity contribution in [3.05, 3.63) is 51.2 Å². The number of aliphatic hydroxyl groups is 1. The fourth-order valence-corrected chi connectivity index (χ4v) is 3.07. The smallest absolute Gasteiger partial charge is 0.268 e. The fraction of sp³-hybridized carbons (Fsp3) is 0.235. The molecule has 0 aliphatic heterocycles. The molecule has 0 radical (unpaired) electrons. The van der Waals surface area contributed by atoms with Gasteiger partial charge in [-0.3, -0.25) is 4.79 Å². The van der Waals surface area contributed by atoms with E-state index < -0.39 is 0 Å². The Morgan fingerprint density at radius 2 is 2.00 bits per heavy atom. The third kappa shape index (κ3) is 3.33. The van der Waals surface area contributed by atoms with E-state index in [-0.39, 0.29) is 12.5 Å². The second-order valence-electron chi connectivity index (χ2n) is 4.73. The molecule has 0 aliphatic carbocycles. The Balaban J connectivity index is 2.30. The summed E-state index contributed by atoms with van der Waals surface area (Å²) in [4.78, 5) is 15.7. The molecule has 0 atom stereocenters. The Labute approximate surface area is 128 Å². The lowest BCUT2D eigenvalue weighted by Crippen LogP contribution is -2.26. The van der Waals surface area contributed by atoms with Gasteiger partial charge in [-0.2, -0.15) is 0 Å². The van der Waals surface area contributed by atoms with Crippen molar-refractivity contribution >= 4 is 22.9 Å². The van der Waals surface area contributed by atoms with E-state index in [1.807, 2.05) is 44.2 Å². The van der Waals surface area contributed by atoms with Crippen molar-refractivity contribution in [1.82, 2.24) is 0 Å². The average Bonchev–Trinajstić information content (AvgIpc) is 2.85. The van der Waals surface area contributed by atoms with Gasteiger partial charge in [-0.15, -0.1) is 11.3 Å². The molecule has 0 unspecified atom stereocenters. The normalized spacial score (nSPS) is 9.90. The maximum Gasteiger partial charge on any atom is 0.268 e. The maximum atomic E-state index is 12.6. The molecule has 1 heterocycles. The zero-order chi connectivity index (χ0) is 15.4. The van der Waals surface area contributed by atoms with Gasteiger partial charge in [-0.25, -0.2) is 0 Å². The number of hydrogen-bond acceptors (Lipinski definition) is 3. The van der Waals surface area contributed by atoms with Crippen molar-refractivity contribution in [3.63, 3.8) is 0 Å². The first kappa shape index (κ1) is 15.3. The summed E-state index contributed by atoms with van der Waals surface area (Å²) in [5, 5.41) is 8.76. The summed E-state index contributed by atoms with van der Waals surface area (Å²) >= 11 is 1.36. The molecule has 0 spiro atoms. The molecule has 0 bridgehead atoms. The van der Waals surface area contributed by atoms with Crippen molar-refractivity contribution in [2.24, 2.45) is 0 Å². The highest BCUT2D eigenvalue weighted by atomic mass is 32.1. The number of aliphatic hydroxyl groups excluding tert-OH is 1. The number of aryl methyl sites for hydroxylation is 2. The predicted octanol–water partition coefficient (Wildman–Crippen LogP) is 2.99. The zero-order valence-corrected chi connectivity index (χ0v) is 13.1. The quantitative estimate of drug-likeness (QED) is 0.866. The van der Waals surface area contributed by atoms with E-state index in [9.17, 15) is 4.79 Å². The summed E-state index contributed by atoms with van der Waals surface area (Å²) in [5.74, 6) is 5.45. The molecular formula is C17H17NO2S. The number of amides is 1. The standard InChI is InChI=1S/C17H17NO2S/c1-12-7-4-5-8-14(12)18(3)17(20)16-11-13(2)15(21-16)9-6-10-19/h4-5,7-8,11,19H,10H2,1-3H3. The summed E-state index contributed by atoms with van der Waals surface area (Å²) in [6.07, 6.45) is 0. The molecule has 2 rings (SSSR count). The van der Waals surface area contributed by atoms with E-state index in [0.717, 1.165) is 21.7 Å². The van der Waals surface area contributed by atoms with Gasteiger partial charge >= 0.3 is 0 Å². The number of para-hydroxylation sites is 1. The van der Waals surface area contributed by atoms with Crippen LogP contribution in [0.1, 0.15) is 25.7 Å². The minimum atomic E-state index is -0.177. The highest BCUT2D eigenvalue weighted by Crippen LogP contribution is 2.25. The first-order valence-electron chi connectivity index (χ1n) is 6.58. The summed E-state index contributed by atoms with van der Waals surface area (Å²) in [6.45, 7) is 3.73. The third-order valence-corrected chi connectivity index (χ3v) is 4.33. The molecule has 1 aromatic heterocycles. The molecule has 2 aromatic rings. The van der Waals surface area contributed by atoms with Crippen LogP contribution in [-0.4, -0.2) is 24.7 Å². The minimum Gasteiger partial charge on any atom is -0.384 e. The van der Waals surface area contributed by atoms with Crippen molar-refractivity contribution in [2.45, 2.75) is 13.8 Å². The Morgan fingerprint density at radius 3 is 2.67 bits per heavy atom. The molecule has 1 amide bonds. The van der Waals surface area contributed by atoms with E-state index in [1.165, 1.54) is 11.3 Å². The summed E-state index contributed by atoms with van der Waals surface area (Å²) in [6, 6.07) is 9.64. The largest absolute Gasteiger partial charge is 0.384 e. The highest BCUT2D eigenvalue weighted by molar-refractivity contribution is 7.14. The van der Waals surface area contributed by atoms with Crippen LogP contribution in [0.25, 0.3) is 0 Å². The highest BCUT2D eigenvalue weighted by Gasteiger charge is 2.18. The molecule has 1 aromatic carbocycles. The van der Waals surface area contributed by atoms with Crippen LogP contribution in [-0.2, 0) is 0 Å². The first-order valence-corrected chi connectivity index (χ1v) is 7.40. The van der Waals surface area contributed by atoms with Crippen LogP contribution in [0.4, 0.5) is 5.69 Å². The van der Waals surface area contributed by atoms with Gasteiger partial charge in [-0.1, -0.05) is 30.0 Å². The number of anilines is 1. The van der Waals surface area contributed by atoms with Crippen LogP contribution in [0.15, 0.2) is 30.3 Å². The number of rotatable bonds is 2. The molecular weight excluding hydrogens is 282 g/mol. The lowest BCUT2D eigenvalue weighted by molar-refractivity contribution is 0.0996. The van der Waals surface area contributed by atoms with Crippen molar-refractivity contribution < 1.29 is 9.90 Å². The van der Waals surface area contributed by atoms with E-state index in [1.54, 1.807) is 11.9 Å². The van der Waals surface area contributed by atoms with Crippen molar-refractivity contribution in [2.75, 3.05) is 18.6 Å². The van der Waals surface area contributed by atoms with Gasteiger partial charge in [0.25, 0.3) is 5.91 Å². The first-order chi connectivity index (χ1) is 10.0. The predicted molar refractivity (Wildman–Crippen MR) is 86.9 cm³/mol. The Kier molecular flexibility index (Phi) is 4.79. The number of benzene rings is 1. The minimum absolute atomic E-state index is 0.0468. The maximum absolute atomic E-state index is 12.6. The Morgan fingerprint density at radius 1 is 1.29 bits per heavy atom. The second kappa shape index (κ2) is 6.57. The lowest BCUT2D eigenvalue weighted by atomic mass is 10.2. The number of carbonyl (C=O) groups excluding carboxylic acids is 1. The van der Waals surface area contributed by atoms with Crippen LogP contribution in [0.3, 0.4) is 0 Å². The number of nitrogens with zero attached hydrogens (tertiary/aromatic N) is 1. The van der Waals surface area contributed by atoms with E-state index in [0.29, 0.717) is 4.88 Å². The van der Waals surface area contributed by atoms with Gasteiger partial charge < -0.3 is 10.0 Å². The molecule has 21 heavy (non-hydrogen) atoms. The monoisotopic (exact) mass is 299 g/mol. The number of hydrogen-bond donors (Lipinski definition) is 1. The van der Waals surface area contributed by atoms with Crippen LogP contribution in [0.5, 0.6) is 0 Å². The van der Waals surface area contributed by atoms with E-state index >= 15 is 0 Å². The van der Waals surface area contributed by atoms with Gasteiger partial charge in [0.15, 0.2) is 0 Å². The Hall–Kier alpha value is -2.09. The van der Waals surface area contributed by atoms with Gasteiger partial charge in [0.1, 0.15) is 6.61 Å². The number of thiophene rings is 1. The second-order valence-corrected chi connectivity index (χ2v) is 5.79. The fourth-order valence-electron chi connectivity index (χ4n) is 2.05. The van der Waals surface area contributed by atoms with Crippen molar-refractivity contribution in [1.29, 1.82) is 0 Å². The molecule has 1 N–H and O–H groups in total. The van der Waals surface area contributed by atoms with Crippen LogP contribution in [0, 0.1) is 25.7 Å². The van der Waals surface area contributed by atoms with Crippen LogP contribution in [0.2, 0.25) is 0 Å². The molecule has 108 valence electrons. The lowest BCUT2D eigenvalue weighted by Gasteiger charge is -2.18.